The van der Waals surface area contributed by atoms with Crippen molar-refractivity contribution in [2.45, 2.75) is 0 Å². The first kappa shape index (κ1) is 8.74. The number of rotatable bonds is 1. The summed E-state index contributed by atoms with van der Waals surface area (Å²) in [5, 5.41) is 0.870. The summed E-state index contributed by atoms with van der Waals surface area (Å²) in [6.45, 7) is 0. The molecule has 1 aromatic carbocycles. The van der Waals surface area contributed by atoms with Crippen LogP contribution in [-0.4, -0.2) is 31.1 Å². The van der Waals surface area contributed by atoms with Crippen LogP contribution in [0.5, 0.6) is 0 Å². The normalized spacial score (nSPS) is 16.3. The van der Waals surface area contributed by atoms with Gasteiger partial charge in [-0.05, 0) is 0 Å². The number of hydrogen-bond acceptors (Lipinski definition) is 1. The minimum atomic E-state index is -2.21. The monoisotopic (exact) mass is 285 g/mol. The van der Waals surface area contributed by atoms with Gasteiger partial charge in [0.15, 0.2) is 0 Å². The van der Waals surface area contributed by atoms with Crippen LogP contribution in [0.2, 0.25) is 0 Å². The molecule has 1 atom stereocenters. The van der Waals surface area contributed by atoms with Crippen molar-refractivity contribution in [2.24, 2.45) is 0 Å². The van der Waals surface area contributed by atoms with E-state index in [2.05, 4.69) is 31.1 Å². The summed E-state index contributed by atoms with van der Waals surface area (Å²) in [7, 11) is 0. The predicted molar refractivity (Wildman–Crippen MR) is 45.9 cm³/mol. The summed E-state index contributed by atoms with van der Waals surface area (Å²) in [6.07, 6.45) is 0. The molecule has 0 heterocycles. The second-order valence-electron chi connectivity index (χ2n) is 1.86. The summed E-state index contributed by atoms with van der Waals surface area (Å²) in [4.78, 5) is 9.13. The van der Waals surface area contributed by atoms with E-state index in [1.165, 1.54) is 0 Å². The van der Waals surface area contributed by atoms with Crippen molar-refractivity contribution in [1.82, 2.24) is 0 Å². The molecule has 1 nitrogen and oxygen atoms in total. The van der Waals surface area contributed by atoms with E-state index in [9.17, 15) is 4.89 Å². The summed E-state index contributed by atoms with van der Waals surface area (Å²) in [5.74, 6) is 0. The summed E-state index contributed by atoms with van der Waals surface area (Å²) in [6, 6.07) is 9.39. The average Bonchev–Trinajstić information content (AvgIpc) is 1.88. The first-order valence-electron chi connectivity index (χ1n) is 2.70. The molecule has 0 radical (unpaired) electrons. The van der Waals surface area contributed by atoms with Gasteiger partial charge >= 0.3 is 76.5 Å². The van der Waals surface area contributed by atoms with E-state index in [-0.39, 0.29) is 0 Å². The molecule has 0 aromatic heterocycles. The van der Waals surface area contributed by atoms with Gasteiger partial charge in [0.2, 0.25) is 0 Å². The van der Waals surface area contributed by atoms with Gasteiger partial charge in [0.1, 0.15) is 0 Å². The Morgan fingerprint density at radius 2 is 1.80 bits per heavy atom. The molecule has 0 aliphatic carbocycles. The molecule has 0 saturated heterocycles. The fourth-order valence-electron chi connectivity index (χ4n) is 0.616. The molecular weight excluding hydrogens is 277 g/mol. The van der Waals surface area contributed by atoms with E-state index in [0.717, 1.165) is 5.30 Å². The maximum atomic E-state index is 11.3. The molecule has 1 aromatic rings. The second kappa shape index (κ2) is 3.36. The van der Waals surface area contributed by atoms with Crippen LogP contribution >= 0.6 is 4.87 Å². The van der Waals surface area contributed by atoms with Crippen LogP contribution in [0, 0.1) is 0 Å². The zero-order valence-corrected chi connectivity index (χ0v) is 9.58. The van der Waals surface area contributed by atoms with Crippen molar-refractivity contribution in [2.75, 3.05) is 0 Å². The topological polar surface area (TPSA) is 23.1 Å². The van der Waals surface area contributed by atoms with Gasteiger partial charge in [-0.2, -0.15) is 0 Å². The Morgan fingerprint density at radius 1 is 1.30 bits per heavy atom. The van der Waals surface area contributed by atoms with Gasteiger partial charge in [-0.15, -0.1) is 0 Å². The number of hydrogen-bond donors (Lipinski definition) is 0. The molecule has 54 valence electrons. The molecular formula is C6H6OPSe2-. The quantitative estimate of drug-likeness (QED) is 0.503. The molecule has 0 aliphatic heterocycles. The van der Waals surface area contributed by atoms with Crippen molar-refractivity contribution < 1.29 is 4.89 Å². The molecule has 0 spiro atoms. The van der Waals surface area contributed by atoms with E-state index < -0.39 is 4.87 Å². The Balaban J connectivity index is 2.97. The molecule has 0 aliphatic rings. The van der Waals surface area contributed by atoms with E-state index in [1.807, 2.05) is 30.3 Å². The molecule has 4 heteroatoms. The molecule has 0 amide bonds. The predicted octanol–water partition coefficient (Wildman–Crippen LogP) is -0.496. The third-order valence-electron chi connectivity index (χ3n) is 1.08. The fourth-order valence-corrected chi connectivity index (χ4v) is 2.77. The first-order valence-corrected chi connectivity index (χ1v) is 9.09. The van der Waals surface area contributed by atoms with Crippen LogP contribution in [0.25, 0.3) is 0 Å². The zero-order valence-electron chi connectivity index (χ0n) is 5.10. The first-order chi connectivity index (χ1) is 4.61. The van der Waals surface area contributed by atoms with Gasteiger partial charge in [0, 0.05) is 0 Å². The molecule has 10 heavy (non-hydrogen) atoms. The van der Waals surface area contributed by atoms with Gasteiger partial charge in [-0.1, -0.05) is 0 Å². The van der Waals surface area contributed by atoms with Crippen LogP contribution in [0.15, 0.2) is 30.3 Å². The Morgan fingerprint density at radius 3 is 2.10 bits per heavy atom. The van der Waals surface area contributed by atoms with Crippen LogP contribution in [0.3, 0.4) is 0 Å². The van der Waals surface area contributed by atoms with E-state index in [0.29, 0.717) is 0 Å². The van der Waals surface area contributed by atoms with Gasteiger partial charge in [-0.25, -0.2) is 0 Å². The third-order valence-corrected chi connectivity index (χ3v) is 4.81. The molecule has 0 N–H and O–H groups in total. The van der Waals surface area contributed by atoms with Crippen molar-refractivity contribution in [3.63, 3.8) is 0 Å². The van der Waals surface area contributed by atoms with E-state index in [4.69, 9.17) is 0 Å². The Kier molecular flexibility index (Phi) is 2.94. The minimum absolute atomic E-state index is 0.870. The summed E-state index contributed by atoms with van der Waals surface area (Å²) < 4.78 is 0. The third kappa shape index (κ3) is 2.36. The zero-order chi connectivity index (χ0) is 7.61. The second-order valence-corrected chi connectivity index (χ2v) is 14.2. The van der Waals surface area contributed by atoms with Crippen LogP contribution in [-0.2, 0) is 0 Å². The summed E-state index contributed by atoms with van der Waals surface area (Å²) >= 11 is 4.84. The van der Waals surface area contributed by atoms with Crippen LogP contribution < -0.4 is 10.2 Å². The maximum absolute atomic E-state index is 11.3. The SMILES string of the molecule is [O-][P+]([Se-])([SeH])c1ccccc1. The molecule has 0 saturated carbocycles. The van der Waals surface area contributed by atoms with Crippen molar-refractivity contribution >= 4 is 41.3 Å². The van der Waals surface area contributed by atoms with Crippen molar-refractivity contribution in [3.8, 4) is 0 Å². The van der Waals surface area contributed by atoms with Gasteiger partial charge in [-0.3, -0.25) is 0 Å². The fraction of sp³-hybridized carbons (Fsp3) is 0. The average molecular weight is 283 g/mol. The van der Waals surface area contributed by atoms with E-state index >= 15 is 0 Å². The number of benzene rings is 1. The van der Waals surface area contributed by atoms with Crippen molar-refractivity contribution in [1.29, 1.82) is 0 Å². The molecule has 1 rings (SSSR count). The van der Waals surface area contributed by atoms with Gasteiger partial charge in [0.25, 0.3) is 0 Å². The Bertz CT molecular complexity index is 207. The van der Waals surface area contributed by atoms with Gasteiger partial charge in [0.05, 0.1) is 0 Å². The van der Waals surface area contributed by atoms with Crippen LogP contribution in [0.1, 0.15) is 0 Å². The standard InChI is InChI=1S/C6H7OPSe2/c7-8(9,10)6-4-2-1-3-5-6/h1-5H,(H2,7,9,10)/p-1. The molecule has 1 unspecified atom stereocenters. The summed E-state index contributed by atoms with van der Waals surface area (Å²) in [5.41, 5.74) is 0. The Labute approximate surface area is 76.5 Å². The van der Waals surface area contributed by atoms with Crippen LogP contribution in [0.4, 0.5) is 0 Å². The molecule has 0 fully saturated rings. The Hall–Kier alpha value is 0.649. The van der Waals surface area contributed by atoms with E-state index in [1.54, 1.807) is 0 Å². The van der Waals surface area contributed by atoms with Gasteiger partial charge < -0.3 is 0 Å². The molecule has 0 bridgehead atoms. The van der Waals surface area contributed by atoms with Crippen molar-refractivity contribution in [3.05, 3.63) is 30.3 Å².